The summed E-state index contributed by atoms with van der Waals surface area (Å²) in [6.07, 6.45) is 0. The van der Waals surface area contributed by atoms with Gasteiger partial charge in [0.1, 0.15) is 5.75 Å². The molecule has 0 fully saturated rings. The largest absolute Gasteiger partial charge is 0.495 e. The third-order valence-electron chi connectivity index (χ3n) is 2.53. The number of methoxy groups -OCH3 is 2. The molecule has 1 aromatic rings. The van der Waals surface area contributed by atoms with Crippen molar-refractivity contribution in [1.82, 2.24) is 5.32 Å². The highest BCUT2D eigenvalue weighted by Gasteiger charge is 2.16. The number of aryl methyl sites for hydroxylation is 1. The lowest BCUT2D eigenvalue weighted by Crippen LogP contribution is -2.37. The highest BCUT2D eigenvalue weighted by molar-refractivity contribution is 6.40. The molecule has 7 heteroatoms. The van der Waals surface area contributed by atoms with Gasteiger partial charge in [-0.3, -0.25) is 9.59 Å². The van der Waals surface area contributed by atoms with Crippen LogP contribution in [0.5, 0.6) is 5.75 Å². The maximum absolute atomic E-state index is 11.7. The highest BCUT2D eigenvalue weighted by atomic mass is 35.5. The zero-order chi connectivity index (χ0) is 15.1. The summed E-state index contributed by atoms with van der Waals surface area (Å²) in [6.45, 7) is 2.39. The number of halogens is 1. The van der Waals surface area contributed by atoms with Crippen molar-refractivity contribution in [2.45, 2.75) is 6.92 Å². The van der Waals surface area contributed by atoms with E-state index in [1.54, 1.807) is 19.1 Å². The van der Waals surface area contributed by atoms with Gasteiger partial charge in [0, 0.05) is 24.7 Å². The van der Waals surface area contributed by atoms with Crippen LogP contribution in [0.15, 0.2) is 12.1 Å². The van der Waals surface area contributed by atoms with Gasteiger partial charge >= 0.3 is 11.8 Å². The van der Waals surface area contributed by atoms with Crippen molar-refractivity contribution in [3.63, 3.8) is 0 Å². The Labute approximate surface area is 122 Å². The van der Waals surface area contributed by atoms with E-state index >= 15 is 0 Å². The number of hydrogen-bond donors (Lipinski definition) is 2. The Morgan fingerprint density at radius 1 is 1.25 bits per heavy atom. The van der Waals surface area contributed by atoms with E-state index in [2.05, 4.69) is 10.6 Å². The molecule has 0 aliphatic carbocycles. The van der Waals surface area contributed by atoms with Gasteiger partial charge in [-0.05, 0) is 18.6 Å². The second-order valence-corrected chi connectivity index (χ2v) is 4.41. The van der Waals surface area contributed by atoms with Crippen molar-refractivity contribution in [1.29, 1.82) is 0 Å². The topological polar surface area (TPSA) is 76.7 Å². The molecule has 1 aromatic carbocycles. The Hall–Kier alpha value is -1.79. The van der Waals surface area contributed by atoms with Crippen LogP contribution in [0.2, 0.25) is 5.02 Å². The summed E-state index contributed by atoms with van der Waals surface area (Å²) in [5.74, 6) is -1.13. The first-order valence-electron chi connectivity index (χ1n) is 5.91. The second-order valence-electron chi connectivity index (χ2n) is 4.00. The molecule has 0 aromatic heterocycles. The van der Waals surface area contributed by atoms with Crippen LogP contribution in [-0.2, 0) is 14.3 Å². The van der Waals surface area contributed by atoms with Gasteiger partial charge in [0.2, 0.25) is 0 Å². The molecule has 0 saturated carbocycles. The number of carbonyl (C=O) groups is 2. The van der Waals surface area contributed by atoms with Gasteiger partial charge in [0.05, 0.1) is 19.4 Å². The van der Waals surface area contributed by atoms with E-state index in [9.17, 15) is 9.59 Å². The Bertz CT molecular complexity index is 505. The normalized spacial score (nSPS) is 10.0. The lowest BCUT2D eigenvalue weighted by Gasteiger charge is -2.12. The first kappa shape index (κ1) is 16.3. The molecular weight excluding hydrogens is 284 g/mol. The summed E-state index contributed by atoms with van der Waals surface area (Å²) < 4.78 is 9.88. The van der Waals surface area contributed by atoms with Crippen LogP contribution in [-0.4, -0.2) is 39.2 Å². The first-order valence-corrected chi connectivity index (χ1v) is 6.29. The van der Waals surface area contributed by atoms with Crippen molar-refractivity contribution >= 4 is 29.1 Å². The lowest BCUT2D eigenvalue weighted by atomic mass is 10.2. The van der Waals surface area contributed by atoms with Crippen LogP contribution in [0.1, 0.15) is 5.56 Å². The fourth-order valence-electron chi connectivity index (χ4n) is 1.46. The van der Waals surface area contributed by atoms with Crippen molar-refractivity contribution in [3.05, 3.63) is 22.7 Å². The number of carbonyl (C=O) groups excluding carboxylic acids is 2. The van der Waals surface area contributed by atoms with E-state index in [4.69, 9.17) is 21.1 Å². The molecule has 6 nitrogen and oxygen atoms in total. The molecular formula is C13H17ClN2O4. The molecule has 0 saturated heterocycles. The molecule has 0 bridgehead atoms. The number of amides is 2. The minimum atomic E-state index is -0.777. The molecule has 0 heterocycles. The molecule has 0 aliphatic heterocycles. The third kappa shape index (κ3) is 4.40. The second kappa shape index (κ2) is 7.72. The molecule has 20 heavy (non-hydrogen) atoms. The Morgan fingerprint density at radius 3 is 2.55 bits per heavy atom. The summed E-state index contributed by atoms with van der Waals surface area (Å²) >= 11 is 5.96. The van der Waals surface area contributed by atoms with E-state index in [0.717, 1.165) is 5.56 Å². The van der Waals surface area contributed by atoms with Crippen molar-refractivity contribution < 1.29 is 19.1 Å². The number of nitrogens with one attached hydrogen (secondary N) is 2. The van der Waals surface area contributed by atoms with Crippen LogP contribution in [0, 0.1) is 6.92 Å². The van der Waals surface area contributed by atoms with Crippen LogP contribution in [0.25, 0.3) is 0 Å². The SMILES string of the molecule is COCCNC(=O)C(=O)Nc1cc(C)c(Cl)cc1OC. The fourth-order valence-corrected chi connectivity index (χ4v) is 1.61. The van der Waals surface area contributed by atoms with E-state index in [-0.39, 0.29) is 6.54 Å². The standard InChI is InChI=1S/C13H17ClN2O4/c1-8-6-10(11(20-3)7-9(8)14)16-13(18)12(17)15-4-5-19-2/h6-7H,4-5H2,1-3H3,(H,15,17)(H,16,18). The van der Waals surface area contributed by atoms with Crippen LogP contribution < -0.4 is 15.4 Å². The summed E-state index contributed by atoms with van der Waals surface area (Å²) in [5, 5.41) is 5.42. The Kier molecular flexibility index (Phi) is 6.27. The summed E-state index contributed by atoms with van der Waals surface area (Å²) in [7, 11) is 2.96. The predicted octanol–water partition coefficient (Wildman–Crippen LogP) is 1.36. The van der Waals surface area contributed by atoms with Gasteiger partial charge in [-0.2, -0.15) is 0 Å². The van der Waals surface area contributed by atoms with Gasteiger partial charge in [-0.1, -0.05) is 11.6 Å². The molecule has 0 atom stereocenters. The summed E-state index contributed by atoms with van der Waals surface area (Å²) in [6, 6.07) is 3.22. The molecule has 1 rings (SSSR count). The van der Waals surface area contributed by atoms with E-state index in [1.807, 2.05) is 0 Å². The van der Waals surface area contributed by atoms with Gasteiger partial charge in [0.25, 0.3) is 0 Å². The van der Waals surface area contributed by atoms with Gasteiger partial charge in [-0.15, -0.1) is 0 Å². The van der Waals surface area contributed by atoms with E-state index < -0.39 is 11.8 Å². The Morgan fingerprint density at radius 2 is 1.95 bits per heavy atom. The predicted molar refractivity (Wildman–Crippen MR) is 76.3 cm³/mol. The maximum atomic E-state index is 11.7. The Balaban J connectivity index is 2.75. The first-order chi connectivity index (χ1) is 9.49. The molecule has 2 N–H and O–H groups in total. The van der Waals surface area contributed by atoms with Crippen LogP contribution >= 0.6 is 11.6 Å². The van der Waals surface area contributed by atoms with Gasteiger partial charge < -0.3 is 20.1 Å². The van der Waals surface area contributed by atoms with Crippen LogP contribution in [0.3, 0.4) is 0 Å². The summed E-state index contributed by atoms with van der Waals surface area (Å²) in [4.78, 5) is 23.2. The minimum Gasteiger partial charge on any atom is -0.495 e. The highest BCUT2D eigenvalue weighted by Crippen LogP contribution is 2.30. The quantitative estimate of drug-likeness (QED) is 0.636. The number of benzene rings is 1. The molecule has 0 aliphatic rings. The zero-order valence-electron chi connectivity index (χ0n) is 11.6. The average molecular weight is 301 g/mol. The number of anilines is 1. The molecule has 110 valence electrons. The van der Waals surface area contributed by atoms with E-state index in [0.29, 0.717) is 23.1 Å². The van der Waals surface area contributed by atoms with Crippen molar-refractivity contribution in [3.8, 4) is 5.75 Å². The van der Waals surface area contributed by atoms with E-state index in [1.165, 1.54) is 14.2 Å². The summed E-state index contributed by atoms with van der Waals surface area (Å²) in [5.41, 5.74) is 1.16. The lowest BCUT2D eigenvalue weighted by molar-refractivity contribution is -0.136. The van der Waals surface area contributed by atoms with Crippen molar-refractivity contribution in [2.75, 3.05) is 32.7 Å². The molecule has 0 radical (unpaired) electrons. The third-order valence-corrected chi connectivity index (χ3v) is 2.93. The number of hydrogen-bond acceptors (Lipinski definition) is 4. The fraction of sp³-hybridized carbons (Fsp3) is 0.385. The molecule has 2 amide bonds. The smallest absolute Gasteiger partial charge is 0.313 e. The van der Waals surface area contributed by atoms with Gasteiger partial charge in [0.15, 0.2) is 0 Å². The maximum Gasteiger partial charge on any atom is 0.313 e. The zero-order valence-corrected chi connectivity index (χ0v) is 12.3. The molecule has 0 unspecified atom stereocenters. The average Bonchev–Trinajstić information content (AvgIpc) is 2.42. The van der Waals surface area contributed by atoms with Gasteiger partial charge in [-0.25, -0.2) is 0 Å². The number of rotatable bonds is 5. The monoisotopic (exact) mass is 300 g/mol. The van der Waals surface area contributed by atoms with Crippen molar-refractivity contribution in [2.24, 2.45) is 0 Å². The number of ether oxygens (including phenoxy) is 2. The minimum absolute atomic E-state index is 0.263. The molecule has 0 spiro atoms. The van der Waals surface area contributed by atoms with Crippen LogP contribution in [0.4, 0.5) is 5.69 Å².